The Balaban J connectivity index is 1.72. The maximum atomic E-state index is 13.0. The number of carbonyl (C=O) groups is 4. The topological polar surface area (TPSA) is 165 Å². The summed E-state index contributed by atoms with van der Waals surface area (Å²) in [6, 6.07) is 16.7. The number of carbonyl (C=O) groups excluding carboxylic acids is 4. The molecular formula is C36H50N8O4. The molecule has 0 fully saturated rings. The SMILES string of the molecule is CCCNC(=O)Nc1ccccc1NC(=O)NCc1cc(CNC(=O)Nc2ccccc2NC(=O)NCCC)c(C(C)C)cc1C(C)C. The van der Waals surface area contributed by atoms with Gasteiger partial charge in [-0.1, -0.05) is 77.9 Å². The lowest BCUT2D eigenvalue weighted by atomic mass is 9.87. The van der Waals surface area contributed by atoms with Crippen molar-refractivity contribution in [3.05, 3.63) is 82.9 Å². The first-order valence-electron chi connectivity index (χ1n) is 16.5. The molecule has 0 heterocycles. The molecule has 0 aliphatic carbocycles. The molecule has 8 amide bonds. The van der Waals surface area contributed by atoms with Crippen molar-refractivity contribution in [3.63, 3.8) is 0 Å². The lowest BCUT2D eigenvalue weighted by molar-refractivity contribution is 0.250. The van der Waals surface area contributed by atoms with Gasteiger partial charge in [0.05, 0.1) is 22.7 Å². The molecule has 0 aliphatic rings. The van der Waals surface area contributed by atoms with E-state index in [4.69, 9.17) is 0 Å². The van der Waals surface area contributed by atoms with E-state index in [0.717, 1.165) is 35.1 Å². The molecule has 0 aromatic heterocycles. The summed E-state index contributed by atoms with van der Waals surface area (Å²) in [5.41, 5.74) is 5.96. The van der Waals surface area contributed by atoms with Gasteiger partial charge in [0, 0.05) is 26.2 Å². The van der Waals surface area contributed by atoms with E-state index in [1.807, 2.05) is 19.9 Å². The predicted octanol–water partition coefficient (Wildman–Crippen LogP) is 7.64. The highest BCUT2D eigenvalue weighted by molar-refractivity contribution is 5.99. The maximum absolute atomic E-state index is 13.0. The fourth-order valence-corrected chi connectivity index (χ4v) is 5.01. The molecule has 0 atom stereocenters. The van der Waals surface area contributed by atoms with Crippen LogP contribution in [-0.4, -0.2) is 37.2 Å². The van der Waals surface area contributed by atoms with Crippen molar-refractivity contribution < 1.29 is 19.2 Å². The van der Waals surface area contributed by atoms with Crippen molar-refractivity contribution in [2.75, 3.05) is 34.4 Å². The Hall–Kier alpha value is -5.26. The van der Waals surface area contributed by atoms with Crippen LogP contribution in [-0.2, 0) is 13.1 Å². The number of hydrogen-bond donors (Lipinski definition) is 8. The van der Waals surface area contributed by atoms with Gasteiger partial charge in [0.1, 0.15) is 0 Å². The second-order valence-electron chi connectivity index (χ2n) is 12.0. The summed E-state index contributed by atoms with van der Waals surface area (Å²) in [4.78, 5) is 50.5. The Bertz CT molecular complexity index is 1450. The first-order chi connectivity index (χ1) is 23.0. The van der Waals surface area contributed by atoms with Gasteiger partial charge < -0.3 is 42.5 Å². The molecule has 0 radical (unpaired) electrons. The van der Waals surface area contributed by atoms with E-state index in [-0.39, 0.29) is 37.0 Å². The quantitative estimate of drug-likeness (QED) is 0.0893. The summed E-state index contributed by atoms with van der Waals surface area (Å²) in [7, 11) is 0. The molecule has 3 rings (SSSR count). The summed E-state index contributed by atoms with van der Waals surface area (Å²) >= 11 is 0. The summed E-state index contributed by atoms with van der Waals surface area (Å²) in [6.45, 7) is 13.9. The first-order valence-corrected chi connectivity index (χ1v) is 16.5. The van der Waals surface area contributed by atoms with E-state index in [1.54, 1.807) is 48.5 Å². The second-order valence-corrected chi connectivity index (χ2v) is 12.0. The standard InChI is InChI=1S/C36H50N8O4/c1-7-17-37-33(45)41-29-13-9-11-15-31(29)43-35(47)39-21-25-19-26(28(24(5)6)20-27(25)23(3)4)22-40-36(48)44-32-16-12-10-14-30(32)42-34(46)38-18-8-2/h9-16,19-20,23-24H,7-8,17-18,21-22H2,1-6H3,(H2,37,41,45)(H2,38,42,46)(H2,39,43,47)(H2,40,44,48). The average molecular weight is 659 g/mol. The molecule has 3 aromatic carbocycles. The summed E-state index contributed by atoms with van der Waals surface area (Å²) in [5.74, 6) is 0.385. The summed E-state index contributed by atoms with van der Waals surface area (Å²) in [5, 5.41) is 22.6. The van der Waals surface area contributed by atoms with Gasteiger partial charge >= 0.3 is 24.1 Å². The van der Waals surface area contributed by atoms with Crippen molar-refractivity contribution in [1.29, 1.82) is 0 Å². The van der Waals surface area contributed by atoms with Crippen LogP contribution < -0.4 is 42.5 Å². The first kappa shape index (κ1) is 37.2. The summed E-state index contributed by atoms with van der Waals surface area (Å²) in [6.07, 6.45) is 1.62. The molecule has 258 valence electrons. The van der Waals surface area contributed by atoms with Crippen LogP contribution in [0.4, 0.5) is 41.9 Å². The Morgan fingerprint density at radius 1 is 0.500 bits per heavy atom. The molecule has 12 heteroatoms. The van der Waals surface area contributed by atoms with Gasteiger partial charge in [-0.15, -0.1) is 0 Å². The predicted molar refractivity (Wildman–Crippen MR) is 194 cm³/mol. The third-order valence-corrected chi connectivity index (χ3v) is 7.44. The fourth-order valence-electron chi connectivity index (χ4n) is 5.01. The molecule has 0 saturated carbocycles. The Morgan fingerprint density at radius 3 is 1.10 bits per heavy atom. The molecule has 0 aliphatic heterocycles. The van der Waals surface area contributed by atoms with Crippen LogP contribution in [0.3, 0.4) is 0 Å². The average Bonchev–Trinajstić information content (AvgIpc) is 3.05. The Labute approximate surface area is 283 Å². The van der Waals surface area contributed by atoms with Crippen molar-refractivity contribution in [3.8, 4) is 0 Å². The van der Waals surface area contributed by atoms with Crippen LogP contribution >= 0.6 is 0 Å². The molecule has 0 bridgehead atoms. The van der Waals surface area contributed by atoms with E-state index in [2.05, 4.69) is 76.3 Å². The smallest absolute Gasteiger partial charge is 0.319 e. The normalized spacial score (nSPS) is 10.7. The van der Waals surface area contributed by atoms with Gasteiger partial charge in [0.25, 0.3) is 0 Å². The molecule has 0 spiro atoms. The molecule has 12 nitrogen and oxygen atoms in total. The van der Waals surface area contributed by atoms with Crippen molar-refractivity contribution >= 4 is 46.9 Å². The van der Waals surface area contributed by atoms with Crippen molar-refractivity contribution in [2.24, 2.45) is 0 Å². The highest BCUT2D eigenvalue weighted by atomic mass is 16.2. The number of benzene rings is 3. The largest absolute Gasteiger partial charge is 0.338 e. The summed E-state index contributed by atoms with van der Waals surface area (Å²) < 4.78 is 0. The van der Waals surface area contributed by atoms with Gasteiger partial charge in [0.2, 0.25) is 0 Å². The molecule has 0 saturated heterocycles. The Morgan fingerprint density at radius 2 is 0.812 bits per heavy atom. The van der Waals surface area contributed by atoms with E-state index in [9.17, 15) is 19.2 Å². The van der Waals surface area contributed by atoms with Gasteiger partial charge in [-0.3, -0.25) is 0 Å². The van der Waals surface area contributed by atoms with Gasteiger partial charge in [-0.25, -0.2) is 19.2 Å². The number of amides is 8. The molecule has 48 heavy (non-hydrogen) atoms. The van der Waals surface area contributed by atoms with Crippen LogP contribution in [0.25, 0.3) is 0 Å². The fraction of sp³-hybridized carbons (Fsp3) is 0.389. The zero-order valence-electron chi connectivity index (χ0n) is 28.8. The zero-order chi connectivity index (χ0) is 35.1. The van der Waals surface area contributed by atoms with Crippen LogP contribution in [0.2, 0.25) is 0 Å². The van der Waals surface area contributed by atoms with Crippen LogP contribution in [0.1, 0.15) is 88.5 Å². The number of para-hydroxylation sites is 4. The number of rotatable bonds is 14. The molecule has 8 N–H and O–H groups in total. The Kier molecular flexibility index (Phi) is 14.6. The van der Waals surface area contributed by atoms with Gasteiger partial charge in [0.15, 0.2) is 0 Å². The minimum atomic E-state index is -0.421. The zero-order valence-corrected chi connectivity index (χ0v) is 28.8. The monoisotopic (exact) mass is 658 g/mol. The van der Waals surface area contributed by atoms with E-state index in [0.29, 0.717) is 35.8 Å². The van der Waals surface area contributed by atoms with E-state index < -0.39 is 12.1 Å². The van der Waals surface area contributed by atoms with Crippen LogP contribution in [0.15, 0.2) is 60.7 Å². The van der Waals surface area contributed by atoms with E-state index in [1.165, 1.54) is 0 Å². The van der Waals surface area contributed by atoms with Crippen LogP contribution in [0, 0.1) is 0 Å². The van der Waals surface area contributed by atoms with Crippen molar-refractivity contribution in [1.82, 2.24) is 21.3 Å². The molecular weight excluding hydrogens is 608 g/mol. The lowest BCUT2D eigenvalue weighted by Crippen LogP contribution is -2.32. The van der Waals surface area contributed by atoms with Gasteiger partial charge in [-0.2, -0.15) is 0 Å². The number of anilines is 4. The maximum Gasteiger partial charge on any atom is 0.319 e. The minimum Gasteiger partial charge on any atom is -0.338 e. The number of urea groups is 4. The lowest BCUT2D eigenvalue weighted by Gasteiger charge is -2.22. The van der Waals surface area contributed by atoms with Crippen molar-refractivity contribution in [2.45, 2.75) is 79.3 Å². The molecule has 3 aromatic rings. The minimum absolute atomic E-state index is 0.192. The third kappa shape index (κ3) is 11.5. The van der Waals surface area contributed by atoms with Crippen LogP contribution in [0.5, 0.6) is 0 Å². The molecule has 0 unspecified atom stereocenters. The highest BCUT2D eigenvalue weighted by Crippen LogP contribution is 2.29. The van der Waals surface area contributed by atoms with Gasteiger partial charge in [-0.05, 0) is 71.2 Å². The number of hydrogen-bond acceptors (Lipinski definition) is 4. The third-order valence-electron chi connectivity index (χ3n) is 7.44. The number of nitrogens with one attached hydrogen (secondary N) is 8. The highest BCUT2D eigenvalue weighted by Gasteiger charge is 2.17. The van der Waals surface area contributed by atoms with E-state index >= 15 is 0 Å². The second kappa shape index (κ2) is 18.8.